The molecule has 2 heterocycles. The lowest BCUT2D eigenvalue weighted by Crippen LogP contribution is -2.52. The second kappa shape index (κ2) is 5.24. The van der Waals surface area contributed by atoms with Crippen molar-refractivity contribution in [3.63, 3.8) is 0 Å². The number of nitrogens with one attached hydrogen (secondary N) is 1. The molecule has 2 N–H and O–H groups in total. The molecule has 0 aliphatic carbocycles. The summed E-state index contributed by atoms with van der Waals surface area (Å²) in [4.78, 5) is 22.8. The molecule has 2 aliphatic rings. The molecule has 0 aromatic heterocycles. The molecule has 2 saturated heterocycles. The number of rotatable bonds is 3. The van der Waals surface area contributed by atoms with E-state index < -0.39 is 18.2 Å². The lowest BCUT2D eigenvalue weighted by atomic mass is 9.92. The summed E-state index contributed by atoms with van der Waals surface area (Å²) in [6, 6.07) is 0. The Kier molecular flexibility index (Phi) is 3.87. The van der Waals surface area contributed by atoms with Gasteiger partial charge in [-0.1, -0.05) is 0 Å². The lowest BCUT2D eigenvalue weighted by molar-refractivity contribution is -0.152. The lowest BCUT2D eigenvalue weighted by Gasteiger charge is -2.35. The number of hydrogen-bond donors (Lipinski definition) is 2. The molecule has 0 aromatic rings. The van der Waals surface area contributed by atoms with E-state index in [4.69, 9.17) is 14.6 Å². The predicted molar refractivity (Wildman–Crippen MR) is 62.1 cm³/mol. The molecular weight excluding hydrogens is 238 g/mol. The quantitative estimate of drug-likeness (QED) is 0.759. The van der Waals surface area contributed by atoms with Gasteiger partial charge in [0.05, 0.1) is 0 Å². The number of amides is 1. The van der Waals surface area contributed by atoms with E-state index in [0.717, 1.165) is 12.8 Å². The van der Waals surface area contributed by atoms with Crippen molar-refractivity contribution in [2.75, 3.05) is 13.2 Å². The zero-order valence-electron chi connectivity index (χ0n) is 10.5. The van der Waals surface area contributed by atoms with Gasteiger partial charge in [0, 0.05) is 18.8 Å². The first-order valence-corrected chi connectivity index (χ1v) is 6.28. The van der Waals surface area contributed by atoms with E-state index in [2.05, 4.69) is 5.32 Å². The Morgan fingerprint density at radius 1 is 1.22 bits per heavy atom. The minimum absolute atomic E-state index is 0.205. The fourth-order valence-corrected chi connectivity index (χ4v) is 2.34. The number of ether oxygens (including phenoxy) is 2. The molecule has 102 valence electrons. The summed E-state index contributed by atoms with van der Waals surface area (Å²) in [7, 11) is 0. The van der Waals surface area contributed by atoms with Crippen molar-refractivity contribution in [1.29, 1.82) is 0 Å². The van der Waals surface area contributed by atoms with Crippen LogP contribution in [0.4, 0.5) is 0 Å². The average Bonchev–Trinajstić information content (AvgIpc) is 2.78. The molecule has 1 amide bonds. The van der Waals surface area contributed by atoms with Gasteiger partial charge >= 0.3 is 5.97 Å². The van der Waals surface area contributed by atoms with Crippen LogP contribution in [0.25, 0.3) is 0 Å². The summed E-state index contributed by atoms with van der Waals surface area (Å²) in [5.74, 6) is -1.20. The number of aliphatic carboxylic acids is 1. The van der Waals surface area contributed by atoms with E-state index in [-0.39, 0.29) is 11.4 Å². The van der Waals surface area contributed by atoms with Gasteiger partial charge in [0.1, 0.15) is 6.10 Å². The maximum atomic E-state index is 12.0. The van der Waals surface area contributed by atoms with Crippen molar-refractivity contribution in [2.45, 2.75) is 50.4 Å². The Morgan fingerprint density at radius 3 is 2.39 bits per heavy atom. The van der Waals surface area contributed by atoms with Gasteiger partial charge in [-0.05, 0) is 32.6 Å². The molecule has 0 saturated carbocycles. The second-order valence-corrected chi connectivity index (χ2v) is 5.19. The first-order valence-electron chi connectivity index (χ1n) is 6.28. The molecule has 6 heteroatoms. The van der Waals surface area contributed by atoms with Crippen LogP contribution in [0.15, 0.2) is 0 Å². The van der Waals surface area contributed by atoms with E-state index in [9.17, 15) is 9.59 Å². The number of hydrogen-bond acceptors (Lipinski definition) is 4. The minimum Gasteiger partial charge on any atom is -0.479 e. The zero-order chi connectivity index (χ0) is 13.2. The van der Waals surface area contributed by atoms with Crippen LogP contribution in [0.5, 0.6) is 0 Å². The SMILES string of the molecule is CC1(NC(=O)[C@@H]2CC[C@H](C(=O)O)O2)CCOCC1. The molecule has 0 bridgehead atoms. The second-order valence-electron chi connectivity index (χ2n) is 5.19. The molecule has 0 aromatic carbocycles. The maximum absolute atomic E-state index is 12.0. The fourth-order valence-electron chi connectivity index (χ4n) is 2.34. The normalized spacial score (nSPS) is 30.9. The van der Waals surface area contributed by atoms with Crippen molar-refractivity contribution < 1.29 is 24.2 Å². The highest BCUT2D eigenvalue weighted by molar-refractivity contribution is 5.83. The Morgan fingerprint density at radius 2 is 1.83 bits per heavy atom. The summed E-state index contributed by atoms with van der Waals surface area (Å²) in [5.41, 5.74) is -0.264. The highest BCUT2D eigenvalue weighted by Gasteiger charge is 2.37. The third kappa shape index (κ3) is 3.00. The van der Waals surface area contributed by atoms with E-state index in [0.29, 0.717) is 26.1 Å². The highest BCUT2D eigenvalue weighted by Crippen LogP contribution is 2.23. The van der Waals surface area contributed by atoms with Gasteiger partial charge in [-0.3, -0.25) is 4.79 Å². The third-order valence-electron chi connectivity index (χ3n) is 3.61. The Balaban J connectivity index is 1.87. The first kappa shape index (κ1) is 13.3. The maximum Gasteiger partial charge on any atom is 0.332 e. The number of carboxylic acids is 1. The molecule has 0 radical (unpaired) electrons. The van der Waals surface area contributed by atoms with E-state index in [1.165, 1.54) is 0 Å². The van der Waals surface area contributed by atoms with Gasteiger partial charge in [0.25, 0.3) is 0 Å². The molecule has 2 rings (SSSR count). The molecule has 18 heavy (non-hydrogen) atoms. The summed E-state index contributed by atoms with van der Waals surface area (Å²) in [6.07, 6.45) is 0.929. The van der Waals surface area contributed by atoms with Crippen molar-refractivity contribution in [3.8, 4) is 0 Å². The van der Waals surface area contributed by atoms with Crippen LogP contribution in [-0.2, 0) is 19.1 Å². The molecule has 0 spiro atoms. The van der Waals surface area contributed by atoms with E-state index in [1.807, 2.05) is 6.92 Å². The minimum atomic E-state index is -0.998. The van der Waals surface area contributed by atoms with Gasteiger partial charge in [-0.15, -0.1) is 0 Å². The Bertz CT molecular complexity index is 337. The zero-order valence-corrected chi connectivity index (χ0v) is 10.5. The molecule has 2 aliphatic heterocycles. The van der Waals surface area contributed by atoms with Gasteiger partial charge < -0.3 is 19.9 Å². The molecule has 2 fully saturated rings. The van der Waals surface area contributed by atoms with E-state index >= 15 is 0 Å². The first-order chi connectivity index (χ1) is 8.50. The van der Waals surface area contributed by atoms with Crippen LogP contribution in [0.3, 0.4) is 0 Å². The monoisotopic (exact) mass is 257 g/mol. The summed E-state index contributed by atoms with van der Waals surface area (Å²) in [6.45, 7) is 3.26. The van der Waals surface area contributed by atoms with Crippen LogP contribution >= 0.6 is 0 Å². The molecule has 2 atom stereocenters. The van der Waals surface area contributed by atoms with Crippen molar-refractivity contribution in [1.82, 2.24) is 5.32 Å². The van der Waals surface area contributed by atoms with Gasteiger partial charge in [-0.2, -0.15) is 0 Å². The van der Waals surface area contributed by atoms with E-state index in [1.54, 1.807) is 0 Å². The van der Waals surface area contributed by atoms with Crippen LogP contribution < -0.4 is 5.32 Å². The molecular formula is C12H19NO5. The molecule has 0 unspecified atom stereocenters. The van der Waals surface area contributed by atoms with Crippen molar-refractivity contribution in [3.05, 3.63) is 0 Å². The van der Waals surface area contributed by atoms with Crippen LogP contribution in [-0.4, -0.2) is 47.9 Å². The number of carboxylic acid groups (broad SMARTS) is 1. The van der Waals surface area contributed by atoms with Gasteiger partial charge in [0.15, 0.2) is 6.10 Å². The third-order valence-corrected chi connectivity index (χ3v) is 3.61. The van der Waals surface area contributed by atoms with Gasteiger partial charge in [-0.25, -0.2) is 4.79 Å². The number of carbonyl (C=O) groups is 2. The number of carbonyl (C=O) groups excluding carboxylic acids is 1. The summed E-state index contributed by atoms with van der Waals surface area (Å²) < 4.78 is 10.5. The Labute approximate surface area is 106 Å². The van der Waals surface area contributed by atoms with Crippen LogP contribution in [0.2, 0.25) is 0 Å². The van der Waals surface area contributed by atoms with Crippen LogP contribution in [0.1, 0.15) is 32.6 Å². The largest absolute Gasteiger partial charge is 0.479 e. The molecule has 6 nitrogen and oxygen atoms in total. The predicted octanol–water partition coefficient (Wildman–Crippen LogP) is 0.304. The van der Waals surface area contributed by atoms with Crippen molar-refractivity contribution >= 4 is 11.9 Å². The van der Waals surface area contributed by atoms with Crippen LogP contribution in [0, 0.1) is 0 Å². The standard InChI is InChI=1S/C12H19NO5/c1-12(4-6-17-7-5-12)13-10(14)8-2-3-9(18-8)11(15)16/h8-9H,2-7H2,1H3,(H,13,14)(H,15,16)/t8-,9+/m0/s1. The summed E-state index contributed by atoms with van der Waals surface area (Å²) in [5, 5.41) is 11.8. The topological polar surface area (TPSA) is 84.9 Å². The average molecular weight is 257 g/mol. The van der Waals surface area contributed by atoms with Crippen molar-refractivity contribution in [2.24, 2.45) is 0 Å². The Hall–Kier alpha value is -1.14. The fraction of sp³-hybridized carbons (Fsp3) is 0.833. The highest BCUT2D eigenvalue weighted by atomic mass is 16.5. The van der Waals surface area contributed by atoms with Gasteiger partial charge in [0.2, 0.25) is 5.91 Å². The smallest absolute Gasteiger partial charge is 0.332 e. The summed E-state index contributed by atoms with van der Waals surface area (Å²) >= 11 is 0.